The fourth-order valence-electron chi connectivity index (χ4n) is 3.63. The number of aliphatic hydroxyl groups is 3. The molecule has 1 aliphatic heterocycles. The van der Waals surface area contributed by atoms with Gasteiger partial charge in [-0.1, -0.05) is 6.07 Å². The number of carbonyl (C=O) groups is 2. The van der Waals surface area contributed by atoms with E-state index in [4.69, 9.17) is 19.3 Å². The summed E-state index contributed by atoms with van der Waals surface area (Å²) >= 11 is 0. The van der Waals surface area contributed by atoms with Gasteiger partial charge in [0.1, 0.15) is 24.1 Å². The molecule has 0 bridgehead atoms. The molecule has 1 aromatic carbocycles. The summed E-state index contributed by atoms with van der Waals surface area (Å²) in [5.41, 5.74) is 1.64. The van der Waals surface area contributed by atoms with Gasteiger partial charge in [-0.05, 0) is 31.9 Å². The van der Waals surface area contributed by atoms with Crippen molar-refractivity contribution in [2.45, 2.75) is 56.5 Å². The van der Waals surface area contributed by atoms with E-state index in [2.05, 4.69) is 15.6 Å². The standard InChI is InChI=1S/C22H29N3O9/c1-11(25-14-10-13(32-2)9-12-6-4-7-23-15(12)14)5-3-8-24-22(31)34-21-18(28)16(26)17(27)19(33-21)20(29)30/h4,6-7,9-11,16-19,21,25-28H,3,5,8H2,1-2H3,(H,24,31)(H,29,30)/t11?,16-,17-,18+,19-,21?/m1/s1. The lowest BCUT2D eigenvalue weighted by Gasteiger charge is -2.37. The Kier molecular flexibility index (Phi) is 8.45. The fraction of sp³-hybridized carbons (Fsp3) is 0.500. The summed E-state index contributed by atoms with van der Waals surface area (Å²) in [6, 6.07) is 7.60. The van der Waals surface area contributed by atoms with Crippen molar-refractivity contribution in [3.63, 3.8) is 0 Å². The highest BCUT2D eigenvalue weighted by Crippen LogP contribution is 2.28. The van der Waals surface area contributed by atoms with Crippen LogP contribution in [-0.2, 0) is 14.3 Å². The number of hydrogen-bond donors (Lipinski definition) is 6. The summed E-state index contributed by atoms with van der Waals surface area (Å²) in [5.74, 6) is -0.859. The molecule has 1 aromatic heterocycles. The molecule has 1 saturated heterocycles. The Labute approximate surface area is 195 Å². The summed E-state index contributed by atoms with van der Waals surface area (Å²) in [7, 11) is 1.59. The van der Waals surface area contributed by atoms with Gasteiger partial charge in [0.05, 0.1) is 18.3 Å². The molecule has 186 valence electrons. The number of methoxy groups -OCH3 is 1. The molecule has 0 saturated carbocycles. The zero-order valence-corrected chi connectivity index (χ0v) is 18.7. The lowest BCUT2D eigenvalue weighted by atomic mass is 9.99. The first kappa shape index (κ1) is 25.4. The molecule has 12 nitrogen and oxygen atoms in total. The zero-order chi connectivity index (χ0) is 24.8. The second kappa shape index (κ2) is 11.3. The molecule has 6 atom stereocenters. The molecule has 2 unspecified atom stereocenters. The topological polar surface area (TPSA) is 180 Å². The largest absolute Gasteiger partial charge is 0.497 e. The zero-order valence-electron chi connectivity index (χ0n) is 18.7. The first-order valence-corrected chi connectivity index (χ1v) is 10.8. The van der Waals surface area contributed by atoms with Crippen LogP contribution in [0.2, 0.25) is 0 Å². The van der Waals surface area contributed by atoms with Crippen molar-refractivity contribution >= 4 is 28.7 Å². The molecule has 34 heavy (non-hydrogen) atoms. The van der Waals surface area contributed by atoms with Crippen LogP contribution in [0.15, 0.2) is 30.5 Å². The Morgan fingerprint density at radius 2 is 1.97 bits per heavy atom. The third-order valence-electron chi connectivity index (χ3n) is 5.44. The van der Waals surface area contributed by atoms with Gasteiger partial charge in [-0.2, -0.15) is 0 Å². The number of ether oxygens (including phenoxy) is 3. The van der Waals surface area contributed by atoms with Gasteiger partial charge < -0.3 is 45.3 Å². The normalized spacial score (nSPS) is 25.4. The van der Waals surface area contributed by atoms with Crippen LogP contribution in [0.25, 0.3) is 10.9 Å². The number of carboxylic acid groups (broad SMARTS) is 1. The molecule has 0 aliphatic carbocycles. The SMILES string of the molecule is COc1cc(NC(C)CCCNC(=O)OC2O[C@@H](C(=O)O)[C@H](O)[C@@H](O)[C@@H]2O)c2ncccc2c1. The molecule has 6 N–H and O–H groups in total. The summed E-state index contributed by atoms with van der Waals surface area (Å²) in [6.45, 7) is 2.22. The van der Waals surface area contributed by atoms with Crippen molar-refractivity contribution in [2.75, 3.05) is 19.0 Å². The number of carboxylic acids is 1. The molecule has 3 rings (SSSR count). The average molecular weight is 479 g/mol. The molecular formula is C22H29N3O9. The van der Waals surface area contributed by atoms with Crippen molar-refractivity contribution < 1.29 is 44.2 Å². The van der Waals surface area contributed by atoms with Crippen molar-refractivity contribution in [3.05, 3.63) is 30.5 Å². The Morgan fingerprint density at radius 3 is 2.68 bits per heavy atom. The Morgan fingerprint density at radius 1 is 1.21 bits per heavy atom. The Bertz CT molecular complexity index is 1000. The van der Waals surface area contributed by atoms with Crippen molar-refractivity contribution in [3.8, 4) is 5.75 Å². The van der Waals surface area contributed by atoms with Crippen LogP contribution in [0.5, 0.6) is 5.75 Å². The maximum Gasteiger partial charge on any atom is 0.409 e. The highest BCUT2D eigenvalue weighted by molar-refractivity contribution is 5.91. The fourth-order valence-corrected chi connectivity index (χ4v) is 3.63. The van der Waals surface area contributed by atoms with E-state index in [-0.39, 0.29) is 12.6 Å². The number of aliphatic hydroxyl groups excluding tert-OH is 3. The maximum absolute atomic E-state index is 12.0. The highest BCUT2D eigenvalue weighted by Gasteiger charge is 2.48. The predicted octanol–water partition coefficient (Wildman–Crippen LogP) is 0.442. The van der Waals surface area contributed by atoms with E-state index in [1.165, 1.54) is 0 Å². The second-order valence-electron chi connectivity index (χ2n) is 8.00. The van der Waals surface area contributed by atoms with Gasteiger partial charge in [-0.15, -0.1) is 0 Å². The van der Waals surface area contributed by atoms with Gasteiger partial charge in [0, 0.05) is 30.2 Å². The number of aromatic nitrogens is 1. The van der Waals surface area contributed by atoms with E-state index >= 15 is 0 Å². The predicted molar refractivity (Wildman–Crippen MR) is 119 cm³/mol. The van der Waals surface area contributed by atoms with E-state index in [0.29, 0.717) is 18.6 Å². The van der Waals surface area contributed by atoms with Crippen LogP contribution in [-0.4, -0.2) is 87.9 Å². The number of aliphatic carboxylic acids is 1. The van der Waals surface area contributed by atoms with Gasteiger partial charge in [0.2, 0.25) is 6.29 Å². The Balaban J connectivity index is 1.46. The molecule has 1 amide bonds. The van der Waals surface area contributed by atoms with E-state index in [1.807, 2.05) is 31.2 Å². The van der Waals surface area contributed by atoms with Crippen LogP contribution in [0, 0.1) is 0 Å². The third kappa shape index (κ3) is 6.03. The Hall–Kier alpha value is -3.19. The number of carbonyl (C=O) groups excluding carboxylic acids is 1. The molecule has 1 aliphatic rings. The molecule has 2 heterocycles. The van der Waals surface area contributed by atoms with Gasteiger partial charge >= 0.3 is 12.1 Å². The summed E-state index contributed by atoms with van der Waals surface area (Å²) < 4.78 is 15.1. The number of rotatable bonds is 9. The van der Waals surface area contributed by atoms with Crippen LogP contribution >= 0.6 is 0 Å². The van der Waals surface area contributed by atoms with Crippen molar-refractivity contribution in [1.29, 1.82) is 0 Å². The lowest BCUT2D eigenvalue weighted by Crippen LogP contribution is -2.61. The van der Waals surface area contributed by atoms with Gasteiger partial charge in [-0.3, -0.25) is 4.98 Å². The van der Waals surface area contributed by atoms with Crippen molar-refractivity contribution in [2.24, 2.45) is 0 Å². The number of hydrogen-bond acceptors (Lipinski definition) is 10. The van der Waals surface area contributed by atoms with E-state index in [0.717, 1.165) is 16.6 Å². The monoisotopic (exact) mass is 479 g/mol. The summed E-state index contributed by atoms with van der Waals surface area (Å²) in [6.07, 6.45) is -7.08. The first-order valence-electron chi connectivity index (χ1n) is 10.8. The summed E-state index contributed by atoms with van der Waals surface area (Å²) in [5, 5.41) is 45.2. The number of fused-ring (bicyclic) bond motifs is 1. The molecule has 1 fully saturated rings. The summed E-state index contributed by atoms with van der Waals surface area (Å²) in [4.78, 5) is 27.6. The number of pyridine rings is 1. The van der Waals surface area contributed by atoms with Crippen molar-refractivity contribution in [1.82, 2.24) is 10.3 Å². The smallest absolute Gasteiger partial charge is 0.409 e. The molecule has 0 spiro atoms. The van der Waals surface area contributed by atoms with E-state index < -0.39 is 42.8 Å². The van der Waals surface area contributed by atoms with Crippen LogP contribution in [0.4, 0.5) is 10.5 Å². The minimum Gasteiger partial charge on any atom is -0.497 e. The highest BCUT2D eigenvalue weighted by atomic mass is 16.7. The lowest BCUT2D eigenvalue weighted by molar-refractivity contribution is -0.278. The third-order valence-corrected chi connectivity index (χ3v) is 5.44. The minimum atomic E-state index is -1.86. The maximum atomic E-state index is 12.0. The van der Waals surface area contributed by atoms with Crippen LogP contribution < -0.4 is 15.4 Å². The number of benzene rings is 1. The average Bonchev–Trinajstić information content (AvgIpc) is 2.81. The van der Waals surface area contributed by atoms with Crippen LogP contribution in [0.3, 0.4) is 0 Å². The first-order chi connectivity index (χ1) is 16.2. The molecule has 12 heteroatoms. The van der Waals surface area contributed by atoms with Crippen LogP contribution in [0.1, 0.15) is 19.8 Å². The molecular weight excluding hydrogens is 450 g/mol. The van der Waals surface area contributed by atoms with Gasteiger partial charge in [-0.25, -0.2) is 9.59 Å². The number of nitrogens with one attached hydrogen (secondary N) is 2. The van der Waals surface area contributed by atoms with Gasteiger partial charge in [0.15, 0.2) is 6.10 Å². The van der Waals surface area contributed by atoms with Gasteiger partial charge in [0.25, 0.3) is 0 Å². The molecule has 2 aromatic rings. The quantitative estimate of drug-likeness (QED) is 0.275. The number of nitrogens with zero attached hydrogens (tertiary/aromatic N) is 1. The number of amides is 1. The van der Waals surface area contributed by atoms with E-state index in [9.17, 15) is 24.9 Å². The number of alkyl carbamates (subject to hydrolysis) is 1. The number of anilines is 1. The molecule has 0 radical (unpaired) electrons. The van der Waals surface area contributed by atoms with E-state index in [1.54, 1.807) is 13.3 Å². The second-order valence-corrected chi connectivity index (χ2v) is 8.00. The minimum absolute atomic E-state index is 0.0339.